The molecule has 0 aromatic heterocycles. The van der Waals surface area contributed by atoms with E-state index in [1.54, 1.807) is 0 Å². The Morgan fingerprint density at radius 2 is 1.44 bits per heavy atom. The van der Waals surface area contributed by atoms with Crippen LogP contribution in [0.15, 0.2) is 83.8 Å². The highest BCUT2D eigenvalue weighted by molar-refractivity contribution is 7.93. The van der Waals surface area contributed by atoms with Gasteiger partial charge in [-0.15, -0.1) is 0 Å². The number of hydrogen-bond acceptors (Lipinski definition) is 4. The van der Waals surface area contributed by atoms with E-state index < -0.39 is 18.9 Å². The van der Waals surface area contributed by atoms with Crippen LogP contribution in [0, 0.1) is 5.41 Å². The molecule has 1 atom stereocenters. The second-order valence-corrected chi connectivity index (χ2v) is 16.8. The Labute approximate surface area is 245 Å². The first-order chi connectivity index (χ1) is 18.3. The van der Waals surface area contributed by atoms with Gasteiger partial charge in [-0.05, 0) is 70.6 Å². The van der Waals surface area contributed by atoms with Crippen molar-refractivity contribution in [1.29, 1.82) is 0 Å². The molecule has 0 amide bonds. The summed E-state index contributed by atoms with van der Waals surface area (Å²) < 4.78 is 32.8. The van der Waals surface area contributed by atoms with Gasteiger partial charge in [0.25, 0.3) is 0 Å². The zero-order valence-corrected chi connectivity index (χ0v) is 26.7. The molecule has 8 heteroatoms. The summed E-state index contributed by atoms with van der Waals surface area (Å²) in [5, 5.41) is 2.83. The minimum absolute atomic E-state index is 0.0186. The van der Waals surface area contributed by atoms with Crippen LogP contribution in [-0.2, 0) is 20.0 Å². The van der Waals surface area contributed by atoms with Gasteiger partial charge in [0.1, 0.15) is 0 Å². The molecule has 0 aliphatic carbocycles. The Balaban J connectivity index is 1.50. The van der Waals surface area contributed by atoms with Crippen LogP contribution in [0.1, 0.15) is 55.2 Å². The molecule has 4 nitrogen and oxygen atoms in total. The SMILES string of the molecule is C[SiH](C)OC(c1cccc(CS(=O)(=O)C=C2CN(C(c3ccc(Cl)cc3)c3ccc(Cl)cc3)C2)c1)C(C)(C)C. The summed E-state index contributed by atoms with van der Waals surface area (Å²) in [6, 6.07) is 23.4. The third kappa shape index (κ3) is 8.06. The highest BCUT2D eigenvalue weighted by atomic mass is 35.5. The van der Waals surface area contributed by atoms with E-state index in [-0.39, 0.29) is 23.3 Å². The standard InChI is InChI=1S/C31H37Cl2NO3SSi/c1-31(2,3)30(37-39(4)5)26-8-6-7-22(17-26)20-38(35,36)21-23-18-34(19-23)29(24-9-13-27(32)14-10-24)25-11-15-28(33)16-12-25/h6-17,21,29-30,39H,18-20H2,1-5H3. The Morgan fingerprint density at radius 1 is 0.897 bits per heavy atom. The molecule has 208 valence electrons. The highest BCUT2D eigenvalue weighted by Crippen LogP contribution is 2.38. The molecule has 1 aliphatic rings. The quantitative estimate of drug-likeness (QED) is 0.233. The maximum Gasteiger partial charge on any atom is 0.175 e. The number of benzene rings is 3. The lowest BCUT2D eigenvalue weighted by atomic mass is 9.84. The molecule has 0 spiro atoms. The summed E-state index contributed by atoms with van der Waals surface area (Å²) in [5.41, 5.74) is 4.83. The Hall–Kier alpha value is -1.93. The number of likely N-dealkylation sites (tertiary alicyclic amines) is 1. The van der Waals surface area contributed by atoms with Crippen LogP contribution in [-0.4, -0.2) is 35.4 Å². The highest BCUT2D eigenvalue weighted by Gasteiger charge is 2.32. The van der Waals surface area contributed by atoms with Gasteiger partial charge >= 0.3 is 0 Å². The molecule has 3 aromatic rings. The first kappa shape index (κ1) is 30.0. The fourth-order valence-corrected chi connectivity index (χ4v) is 7.81. The molecular formula is C31H37Cl2NO3SSi. The van der Waals surface area contributed by atoms with Crippen LogP contribution >= 0.6 is 23.2 Å². The van der Waals surface area contributed by atoms with Crippen molar-refractivity contribution in [3.05, 3.63) is 116 Å². The van der Waals surface area contributed by atoms with Gasteiger partial charge in [-0.1, -0.05) is 92.5 Å². The fraction of sp³-hybridized carbons (Fsp3) is 0.355. The lowest BCUT2D eigenvalue weighted by molar-refractivity contribution is 0.0865. The molecule has 4 rings (SSSR count). The molecule has 1 fully saturated rings. The maximum atomic E-state index is 13.2. The number of rotatable bonds is 9. The second kappa shape index (κ2) is 12.3. The van der Waals surface area contributed by atoms with Crippen molar-refractivity contribution in [3.8, 4) is 0 Å². The summed E-state index contributed by atoms with van der Waals surface area (Å²) in [7, 11) is -4.72. The van der Waals surface area contributed by atoms with E-state index in [1.165, 1.54) is 5.41 Å². The molecule has 1 saturated heterocycles. The van der Waals surface area contributed by atoms with Gasteiger partial charge in [-0.2, -0.15) is 0 Å². The predicted octanol–water partition coefficient (Wildman–Crippen LogP) is 7.98. The monoisotopic (exact) mass is 601 g/mol. The van der Waals surface area contributed by atoms with E-state index >= 15 is 0 Å². The van der Waals surface area contributed by atoms with Crippen LogP contribution in [0.2, 0.25) is 23.1 Å². The van der Waals surface area contributed by atoms with E-state index in [0.717, 1.165) is 27.8 Å². The molecule has 0 radical (unpaired) electrons. The second-order valence-electron chi connectivity index (χ2n) is 11.7. The molecule has 0 N–H and O–H groups in total. The Morgan fingerprint density at radius 3 is 1.92 bits per heavy atom. The number of sulfone groups is 1. The van der Waals surface area contributed by atoms with E-state index in [1.807, 2.05) is 72.8 Å². The minimum atomic E-state index is -3.44. The van der Waals surface area contributed by atoms with E-state index in [0.29, 0.717) is 23.1 Å². The molecule has 1 aliphatic heterocycles. The van der Waals surface area contributed by atoms with E-state index in [2.05, 4.69) is 38.8 Å². The van der Waals surface area contributed by atoms with Crippen molar-refractivity contribution in [2.75, 3.05) is 13.1 Å². The Bertz CT molecular complexity index is 1360. The molecule has 1 unspecified atom stereocenters. The van der Waals surface area contributed by atoms with E-state index in [4.69, 9.17) is 27.6 Å². The Kier molecular flexibility index (Phi) is 9.47. The zero-order valence-electron chi connectivity index (χ0n) is 23.2. The summed E-state index contributed by atoms with van der Waals surface area (Å²) >= 11 is 12.3. The summed E-state index contributed by atoms with van der Waals surface area (Å²) in [6.45, 7) is 11.9. The van der Waals surface area contributed by atoms with Crippen LogP contribution in [0.25, 0.3) is 0 Å². The third-order valence-corrected chi connectivity index (χ3v) is 9.46. The maximum absolute atomic E-state index is 13.2. The topological polar surface area (TPSA) is 46.6 Å². The van der Waals surface area contributed by atoms with Gasteiger partial charge in [-0.3, -0.25) is 4.90 Å². The fourth-order valence-electron chi connectivity index (χ4n) is 5.07. The summed E-state index contributed by atoms with van der Waals surface area (Å²) in [4.78, 5) is 2.26. The van der Waals surface area contributed by atoms with Crippen LogP contribution in [0.3, 0.4) is 0 Å². The van der Waals surface area contributed by atoms with Gasteiger partial charge in [0, 0.05) is 28.5 Å². The average Bonchev–Trinajstić information content (AvgIpc) is 2.82. The van der Waals surface area contributed by atoms with Crippen molar-refractivity contribution < 1.29 is 12.8 Å². The number of hydrogen-bond donors (Lipinski definition) is 0. The third-order valence-electron chi connectivity index (χ3n) is 6.71. The average molecular weight is 603 g/mol. The predicted molar refractivity (Wildman–Crippen MR) is 166 cm³/mol. The lowest BCUT2D eigenvalue weighted by Crippen LogP contribution is -2.43. The largest absolute Gasteiger partial charge is 0.413 e. The van der Waals surface area contributed by atoms with Gasteiger partial charge in [0.2, 0.25) is 0 Å². The molecule has 39 heavy (non-hydrogen) atoms. The molecular weight excluding hydrogens is 565 g/mol. The van der Waals surface area contributed by atoms with Crippen molar-refractivity contribution in [2.45, 2.75) is 51.8 Å². The summed E-state index contributed by atoms with van der Waals surface area (Å²) in [6.07, 6.45) is -0.0666. The van der Waals surface area contributed by atoms with Crippen molar-refractivity contribution in [1.82, 2.24) is 4.90 Å². The molecule has 3 aromatic carbocycles. The number of halogens is 2. The first-order valence-corrected chi connectivity index (χ1v) is 18.5. The normalized spacial score (nSPS) is 15.5. The smallest absolute Gasteiger partial charge is 0.175 e. The lowest BCUT2D eigenvalue weighted by Gasteiger charge is -2.41. The molecule has 0 saturated carbocycles. The van der Waals surface area contributed by atoms with Gasteiger partial charge < -0.3 is 4.43 Å². The van der Waals surface area contributed by atoms with E-state index in [9.17, 15) is 8.42 Å². The van der Waals surface area contributed by atoms with Gasteiger partial charge in [-0.25, -0.2) is 8.42 Å². The zero-order chi connectivity index (χ0) is 28.4. The van der Waals surface area contributed by atoms with Crippen molar-refractivity contribution in [3.63, 3.8) is 0 Å². The van der Waals surface area contributed by atoms with Crippen LogP contribution in [0.4, 0.5) is 0 Å². The van der Waals surface area contributed by atoms with Gasteiger partial charge in [0.15, 0.2) is 18.9 Å². The van der Waals surface area contributed by atoms with Crippen LogP contribution in [0.5, 0.6) is 0 Å². The molecule has 0 bridgehead atoms. The minimum Gasteiger partial charge on any atom is -0.413 e. The van der Waals surface area contributed by atoms with Crippen LogP contribution < -0.4 is 0 Å². The van der Waals surface area contributed by atoms with Crippen molar-refractivity contribution in [2.24, 2.45) is 5.41 Å². The number of nitrogens with zero attached hydrogens (tertiary/aromatic N) is 1. The summed E-state index contributed by atoms with van der Waals surface area (Å²) in [5.74, 6) is -0.0297. The first-order valence-electron chi connectivity index (χ1n) is 13.2. The molecule has 1 heterocycles. The van der Waals surface area contributed by atoms with Crippen molar-refractivity contribution >= 4 is 42.1 Å². The van der Waals surface area contributed by atoms with Gasteiger partial charge in [0.05, 0.1) is 17.9 Å².